The van der Waals surface area contributed by atoms with E-state index in [9.17, 15) is 0 Å². The van der Waals surface area contributed by atoms with Crippen molar-refractivity contribution >= 4 is 38.4 Å². The van der Waals surface area contributed by atoms with Gasteiger partial charge in [-0.25, -0.2) is 9.83 Å². The van der Waals surface area contributed by atoms with Gasteiger partial charge in [0.05, 0.1) is 28.8 Å². The molecule has 0 spiro atoms. The molecule has 0 fully saturated rings. The van der Waals surface area contributed by atoms with Gasteiger partial charge < -0.3 is 4.57 Å². The molecular formula is C49H33N3. The largest absolute Gasteiger partial charge is 0.309 e. The number of hydrogen-bond acceptors (Lipinski definition) is 1. The lowest BCUT2D eigenvalue weighted by molar-refractivity contribution is 0.661. The number of benzene rings is 7. The van der Waals surface area contributed by atoms with Gasteiger partial charge in [0.25, 0.3) is 0 Å². The molecule has 3 heteroatoms. The molecule has 2 aromatic heterocycles. The van der Waals surface area contributed by atoms with E-state index < -0.39 is 0 Å². The van der Waals surface area contributed by atoms with Crippen LogP contribution in [0.4, 0.5) is 5.69 Å². The van der Waals surface area contributed by atoms with E-state index in [1.165, 1.54) is 38.5 Å². The smallest absolute Gasteiger partial charge is 0.194 e. The van der Waals surface area contributed by atoms with E-state index in [-0.39, 0.29) is 5.41 Å². The third-order valence-electron chi connectivity index (χ3n) is 11.0. The first kappa shape index (κ1) is 30.1. The standard InChI is InChI=1S/C49H33N3/c1-49(2)41-21-11-7-20-39(41)47-42(49)26-25-38-37-19-10-14-24-46(37)52(48(38)47)34-28-32(35-17-8-12-22-43(35)50-3)27-33(29-34)40-30-45(31-15-5-4-6-16-31)51-44-23-13-9-18-36(40)44/h4-30H,1-2H3. The van der Waals surface area contributed by atoms with Crippen molar-refractivity contribution in [2.75, 3.05) is 0 Å². The number of aromatic nitrogens is 2. The van der Waals surface area contributed by atoms with Crippen molar-refractivity contribution in [3.8, 4) is 50.3 Å². The van der Waals surface area contributed by atoms with Gasteiger partial charge in [0.2, 0.25) is 0 Å². The van der Waals surface area contributed by atoms with Crippen LogP contribution < -0.4 is 0 Å². The summed E-state index contributed by atoms with van der Waals surface area (Å²) >= 11 is 0. The van der Waals surface area contributed by atoms with Crippen molar-refractivity contribution in [1.29, 1.82) is 0 Å². The highest BCUT2D eigenvalue weighted by molar-refractivity contribution is 6.16. The molecule has 0 saturated heterocycles. The van der Waals surface area contributed by atoms with E-state index in [1.54, 1.807) is 0 Å². The van der Waals surface area contributed by atoms with Crippen LogP contribution >= 0.6 is 0 Å². The van der Waals surface area contributed by atoms with Crippen LogP contribution in [0.2, 0.25) is 0 Å². The Kier molecular flexibility index (Phi) is 6.59. The Morgan fingerprint density at radius 3 is 2.04 bits per heavy atom. The number of hydrogen-bond donors (Lipinski definition) is 0. The van der Waals surface area contributed by atoms with Gasteiger partial charge in [-0.15, -0.1) is 0 Å². The molecule has 244 valence electrons. The van der Waals surface area contributed by atoms with Crippen molar-refractivity contribution in [2.24, 2.45) is 0 Å². The Morgan fingerprint density at radius 1 is 0.538 bits per heavy atom. The third-order valence-corrected chi connectivity index (χ3v) is 11.0. The van der Waals surface area contributed by atoms with Crippen LogP contribution in [0.25, 0.3) is 87.9 Å². The van der Waals surface area contributed by atoms with Crippen LogP contribution in [0.5, 0.6) is 0 Å². The number of fused-ring (bicyclic) bond motifs is 8. The zero-order valence-corrected chi connectivity index (χ0v) is 28.9. The average Bonchev–Trinajstić information content (AvgIpc) is 3.66. The fourth-order valence-corrected chi connectivity index (χ4v) is 8.55. The third kappa shape index (κ3) is 4.41. The Balaban J connectivity index is 1.35. The summed E-state index contributed by atoms with van der Waals surface area (Å²) in [7, 11) is 0. The first-order chi connectivity index (χ1) is 25.5. The molecule has 1 aliphatic rings. The minimum absolute atomic E-state index is 0.132. The lowest BCUT2D eigenvalue weighted by atomic mass is 9.82. The molecule has 52 heavy (non-hydrogen) atoms. The molecule has 0 unspecified atom stereocenters. The molecule has 7 aromatic carbocycles. The molecule has 0 aliphatic heterocycles. The number of pyridine rings is 1. The van der Waals surface area contributed by atoms with Gasteiger partial charge in [0, 0.05) is 38.4 Å². The van der Waals surface area contributed by atoms with E-state index in [4.69, 9.17) is 11.6 Å². The van der Waals surface area contributed by atoms with Gasteiger partial charge >= 0.3 is 0 Å². The maximum Gasteiger partial charge on any atom is 0.194 e. The summed E-state index contributed by atoms with van der Waals surface area (Å²) in [6, 6.07) is 58.1. The highest BCUT2D eigenvalue weighted by Gasteiger charge is 2.37. The van der Waals surface area contributed by atoms with Gasteiger partial charge in [-0.3, -0.25) is 0 Å². The quantitative estimate of drug-likeness (QED) is 0.172. The van der Waals surface area contributed by atoms with E-state index >= 15 is 0 Å². The number of rotatable bonds is 4. The SMILES string of the molecule is [C-]#[N+]c1ccccc1-c1cc(-c2cc(-c3ccccc3)nc3ccccc23)cc(-n2c3ccccc3c3ccc4c(c32)-c2ccccc2C4(C)C)c1. The summed E-state index contributed by atoms with van der Waals surface area (Å²) in [5.41, 5.74) is 16.2. The molecule has 0 bridgehead atoms. The highest BCUT2D eigenvalue weighted by atomic mass is 15.0. The Morgan fingerprint density at radius 2 is 1.21 bits per heavy atom. The fourth-order valence-electron chi connectivity index (χ4n) is 8.55. The first-order valence-electron chi connectivity index (χ1n) is 17.8. The van der Waals surface area contributed by atoms with Crippen molar-refractivity contribution < 1.29 is 0 Å². The van der Waals surface area contributed by atoms with Crippen molar-refractivity contribution in [2.45, 2.75) is 19.3 Å². The van der Waals surface area contributed by atoms with Crippen LogP contribution in [-0.2, 0) is 5.41 Å². The molecule has 0 amide bonds. The summed E-state index contributed by atoms with van der Waals surface area (Å²) in [6.07, 6.45) is 0. The molecule has 0 radical (unpaired) electrons. The normalized spacial score (nSPS) is 12.9. The second-order valence-electron chi connectivity index (χ2n) is 14.2. The molecule has 0 saturated carbocycles. The van der Waals surface area contributed by atoms with Gasteiger partial charge in [0.1, 0.15) is 0 Å². The molecule has 3 nitrogen and oxygen atoms in total. The Hall–Kier alpha value is -6.76. The Bertz CT molecular complexity index is 2940. The second-order valence-corrected chi connectivity index (χ2v) is 14.2. The minimum Gasteiger partial charge on any atom is -0.309 e. The monoisotopic (exact) mass is 663 g/mol. The zero-order chi connectivity index (χ0) is 35.0. The maximum absolute atomic E-state index is 8.09. The zero-order valence-electron chi connectivity index (χ0n) is 28.9. The van der Waals surface area contributed by atoms with Crippen LogP contribution in [0, 0.1) is 6.57 Å². The highest BCUT2D eigenvalue weighted by Crippen LogP contribution is 2.53. The topological polar surface area (TPSA) is 22.2 Å². The lowest BCUT2D eigenvalue weighted by Gasteiger charge is -2.21. The average molecular weight is 664 g/mol. The van der Waals surface area contributed by atoms with Crippen LogP contribution in [0.3, 0.4) is 0 Å². The fraction of sp³-hybridized carbons (Fsp3) is 0.0612. The van der Waals surface area contributed by atoms with Gasteiger partial charge in [-0.2, -0.15) is 0 Å². The second kappa shape index (κ2) is 11.4. The summed E-state index contributed by atoms with van der Waals surface area (Å²) in [6.45, 7) is 12.8. The minimum atomic E-state index is -0.132. The summed E-state index contributed by atoms with van der Waals surface area (Å²) in [4.78, 5) is 9.09. The molecule has 1 aliphatic carbocycles. The molecule has 10 rings (SSSR count). The predicted octanol–water partition coefficient (Wildman–Crippen LogP) is 13.2. The van der Waals surface area contributed by atoms with Crippen molar-refractivity contribution in [1.82, 2.24) is 9.55 Å². The van der Waals surface area contributed by atoms with Gasteiger partial charge in [-0.05, 0) is 75.3 Å². The van der Waals surface area contributed by atoms with E-state index in [1.807, 2.05) is 24.3 Å². The number of para-hydroxylation sites is 3. The van der Waals surface area contributed by atoms with Crippen LogP contribution in [0.1, 0.15) is 25.0 Å². The summed E-state index contributed by atoms with van der Waals surface area (Å²) < 4.78 is 2.47. The molecule has 2 heterocycles. The van der Waals surface area contributed by atoms with E-state index in [0.717, 1.165) is 55.6 Å². The molecule has 0 atom stereocenters. The van der Waals surface area contributed by atoms with E-state index in [0.29, 0.717) is 5.69 Å². The first-order valence-corrected chi connectivity index (χ1v) is 17.8. The van der Waals surface area contributed by atoms with Gasteiger partial charge in [0.15, 0.2) is 5.69 Å². The molecule has 0 N–H and O–H groups in total. The lowest BCUT2D eigenvalue weighted by Crippen LogP contribution is -2.14. The van der Waals surface area contributed by atoms with Crippen molar-refractivity contribution in [3.05, 3.63) is 186 Å². The number of nitrogens with zero attached hydrogens (tertiary/aromatic N) is 3. The molecular weight excluding hydrogens is 631 g/mol. The Labute approximate surface area is 302 Å². The summed E-state index contributed by atoms with van der Waals surface area (Å²) in [5, 5.41) is 3.54. The maximum atomic E-state index is 8.09. The van der Waals surface area contributed by atoms with E-state index in [2.05, 4.69) is 163 Å². The van der Waals surface area contributed by atoms with Gasteiger partial charge in [-0.1, -0.05) is 141 Å². The van der Waals surface area contributed by atoms with Crippen LogP contribution in [-0.4, -0.2) is 9.55 Å². The summed E-state index contributed by atoms with van der Waals surface area (Å²) in [5.74, 6) is 0. The predicted molar refractivity (Wildman–Crippen MR) is 216 cm³/mol. The van der Waals surface area contributed by atoms with Crippen molar-refractivity contribution in [3.63, 3.8) is 0 Å². The van der Waals surface area contributed by atoms with Crippen LogP contribution in [0.15, 0.2) is 164 Å². The molecule has 9 aromatic rings.